The zero-order chi connectivity index (χ0) is 10.8. The highest BCUT2D eigenvalue weighted by Gasteiger charge is 2.04. The molecule has 0 saturated heterocycles. The first-order valence-corrected chi connectivity index (χ1v) is 6.14. The van der Waals surface area contributed by atoms with Crippen molar-refractivity contribution in [2.45, 2.75) is 19.7 Å². The molecule has 0 spiro atoms. The Balaban J connectivity index is 2.45. The van der Waals surface area contributed by atoms with E-state index in [-0.39, 0.29) is 0 Å². The van der Waals surface area contributed by atoms with Crippen molar-refractivity contribution in [2.24, 2.45) is 0 Å². The number of rotatable bonds is 2. The summed E-state index contributed by atoms with van der Waals surface area (Å²) in [6, 6.07) is 6.38. The first kappa shape index (κ1) is 10.7. The first-order chi connectivity index (χ1) is 7.20. The van der Waals surface area contributed by atoms with Gasteiger partial charge in [-0.15, -0.1) is 22.9 Å². The molecule has 1 nitrogen and oxygen atoms in total. The summed E-state index contributed by atoms with van der Waals surface area (Å²) >= 11 is 7.64. The lowest BCUT2D eigenvalue weighted by molar-refractivity contribution is 1.14. The zero-order valence-corrected chi connectivity index (χ0v) is 10.3. The molecule has 0 N–H and O–H groups in total. The maximum atomic E-state index is 5.86. The van der Waals surface area contributed by atoms with E-state index in [1.807, 2.05) is 13.1 Å². The first-order valence-electron chi connectivity index (χ1n) is 4.79. The van der Waals surface area contributed by atoms with Crippen LogP contribution >= 0.6 is 22.9 Å². The second-order valence-corrected chi connectivity index (χ2v) is 5.07. The largest absolute Gasteiger partial charge is 0.261 e. The van der Waals surface area contributed by atoms with Crippen LogP contribution in [0, 0.1) is 13.8 Å². The molecule has 0 fully saturated rings. The summed E-state index contributed by atoms with van der Waals surface area (Å²) in [5, 5.41) is 0. The molecule has 0 aromatic carbocycles. The third-order valence-electron chi connectivity index (χ3n) is 2.36. The predicted octanol–water partition coefficient (Wildman–Crippen LogP) is 4.17. The number of thiophene rings is 1. The summed E-state index contributed by atoms with van der Waals surface area (Å²) in [6.45, 7) is 4.10. The van der Waals surface area contributed by atoms with Gasteiger partial charge in [0.15, 0.2) is 0 Å². The molecule has 2 heterocycles. The highest BCUT2D eigenvalue weighted by Crippen LogP contribution is 2.28. The molecule has 0 amide bonds. The molecular formula is C12H12ClNS. The summed E-state index contributed by atoms with van der Waals surface area (Å²) in [5.41, 5.74) is 3.29. The summed E-state index contributed by atoms with van der Waals surface area (Å²) in [4.78, 5) is 6.93. The second-order valence-electron chi connectivity index (χ2n) is 3.51. The number of aryl methyl sites for hydroxylation is 2. The monoisotopic (exact) mass is 237 g/mol. The Hall–Kier alpha value is -0.860. The Morgan fingerprint density at radius 2 is 2.13 bits per heavy atom. The molecule has 0 radical (unpaired) electrons. The molecule has 0 aliphatic heterocycles. The van der Waals surface area contributed by atoms with Crippen LogP contribution < -0.4 is 0 Å². The number of hydrogen-bond donors (Lipinski definition) is 0. The van der Waals surface area contributed by atoms with Gasteiger partial charge in [0.25, 0.3) is 0 Å². The molecule has 0 aliphatic rings. The van der Waals surface area contributed by atoms with Gasteiger partial charge in [0.1, 0.15) is 0 Å². The molecule has 2 aromatic heterocycles. The van der Waals surface area contributed by atoms with E-state index < -0.39 is 0 Å². The van der Waals surface area contributed by atoms with Gasteiger partial charge in [-0.3, -0.25) is 4.98 Å². The fraction of sp³-hybridized carbons (Fsp3) is 0.250. The average molecular weight is 238 g/mol. The Bertz CT molecular complexity index is 476. The number of aromatic nitrogens is 1. The molecular weight excluding hydrogens is 226 g/mol. The lowest BCUT2D eigenvalue weighted by Gasteiger charge is -2.03. The summed E-state index contributed by atoms with van der Waals surface area (Å²) in [7, 11) is 0. The Morgan fingerprint density at radius 1 is 1.33 bits per heavy atom. The summed E-state index contributed by atoms with van der Waals surface area (Å²) in [5.74, 6) is 0.525. The maximum Gasteiger partial charge on any atom is 0.0492 e. The minimum atomic E-state index is 0.525. The van der Waals surface area contributed by atoms with Crippen LogP contribution in [-0.4, -0.2) is 4.98 Å². The van der Waals surface area contributed by atoms with Crippen molar-refractivity contribution in [3.63, 3.8) is 0 Å². The van der Waals surface area contributed by atoms with E-state index in [0.717, 1.165) is 16.8 Å². The van der Waals surface area contributed by atoms with Gasteiger partial charge < -0.3 is 0 Å². The van der Waals surface area contributed by atoms with Crippen molar-refractivity contribution >= 4 is 22.9 Å². The highest BCUT2D eigenvalue weighted by molar-refractivity contribution is 7.15. The van der Waals surface area contributed by atoms with Crippen molar-refractivity contribution < 1.29 is 0 Å². The molecule has 0 aliphatic carbocycles. The Morgan fingerprint density at radius 3 is 2.73 bits per heavy atom. The van der Waals surface area contributed by atoms with E-state index in [2.05, 4.69) is 30.1 Å². The van der Waals surface area contributed by atoms with Crippen LogP contribution in [0.25, 0.3) is 10.4 Å². The highest BCUT2D eigenvalue weighted by atomic mass is 35.5. The smallest absolute Gasteiger partial charge is 0.0492 e. The molecule has 0 saturated carbocycles. The Labute approximate surface area is 98.7 Å². The quantitative estimate of drug-likeness (QED) is 0.715. The maximum absolute atomic E-state index is 5.86. The van der Waals surface area contributed by atoms with Crippen molar-refractivity contribution in [1.82, 2.24) is 4.98 Å². The van der Waals surface area contributed by atoms with Crippen molar-refractivity contribution in [3.8, 4) is 10.4 Å². The van der Waals surface area contributed by atoms with Crippen molar-refractivity contribution in [2.75, 3.05) is 0 Å². The van der Waals surface area contributed by atoms with Gasteiger partial charge in [0.2, 0.25) is 0 Å². The molecule has 3 heteroatoms. The molecule has 2 rings (SSSR count). The van der Waals surface area contributed by atoms with Crippen molar-refractivity contribution in [3.05, 3.63) is 40.5 Å². The van der Waals surface area contributed by atoms with E-state index in [1.54, 1.807) is 11.3 Å². The van der Waals surface area contributed by atoms with Crippen LogP contribution in [0.4, 0.5) is 0 Å². The summed E-state index contributed by atoms with van der Waals surface area (Å²) in [6.07, 6.45) is 1.91. The SMILES string of the molecule is Cc1ccc(-c2cnc(C)c(CCl)c2)s1. The fourth-order valence-corrected chi connectivity index (χ4v) is 2.56. The van der Waals surface area contributed by atoms with Gasteiger partial charge in [-0.1, -0.05) is 0 Å². The molecule has 15 heavy (non-hydrogen) atoms. The average Bonchev–Trinajstić information content (AvgIpc) is 2.66. The van der Waals surface area contributed by atoms with Crippen LogP contribution in [0.2, 0.25) is 0 Å². The van der Waals surface area contributed by atoms with Crippen molar-refractivity contribution in [1.29, 1.82) is 0 Å². The normalized spacial score (nSPS) is 10.6. The lowest BCUT2D eigenvalue weighted by Crippen LogP contribution is -1.89. The van der Waals surface area contributed by atoms with E-state index in [9.17, 15) is 0 Å². The third kappa shape index (κ3) is 2.21. The van der Waals surface area contributed by atoms with Gasteiger partial charge in [-0.25, -0.2) is 0 Å². The zero-order valence-electron chi connectivity index (χ0n) is 8.75. The third-order valence-corrected chi connectivity index (χ3v) is 3.70. The van der Waals surface area contributed by atoms with Crippen LogP contribution in [-0.2, 0) is 5.88 Å². The molecule has 0 bridgehead atoms. The Kier molecular flexibility index (Phi) is 3.08. The second kappa shape index (κ2) is 4.33. The number of halogens is 1. The number of nitrogens with zero attached hydrogens (tertiary/aromatic N) is 1. The van der Waals surface area contributed by atoms with E-state index in [0.29, 0.717) is 5.88 Å². The lowest BCUT2D eigenvalue weighted by atomic mass is 10.1. The number of alkyl halides is 1. The van der Waals surface area contributed by atoms with Gasteiger partial charge in [-0.2, -0.15) is 0 Å². The van der Waals surface area contributed by atoms with Gasteiger partial charge in [-0.05, 0) is 37.6 Å². The summed E-state index contributed by atoms with van der Waals surface area (Å²) < 4.78 is 0. The topological polar surface area (TPSA) is 12.9 Å². The molecule has 0 unspecified atom stereocenters. The standard InChI is InChI=1S/C12H12ClNS/c1-8-3-4-12(15-8)11-5-10(6-13)9(2)14-7-11/h3-5,7H,6H2,1-2H3. The fourth-order valence-electron chi connectivity index (χ4n) is 1.44. The van der Waals surface area contributed by atoms with Crippen LogP contribution in [0.15, 0.2) is 24.4 Å². The molecule has 0 atom stereocenters. The number of hydrogen-bond acceptors (Lipinski definition) is 2. The molecule has 78 valence electrons. The molecule has 2 aromatic rings. The van der Waals surface area contributed by atoms with E-state index in [4.69, 9.17) is 11.6 Å². The van der Waals surface area contributed by atoms with E-state index in [1.165, 1.54) is 9.75 Å². The van der Waals surface area contributed by atoms with Crippen LogP contribution in [0.1, 0.15) is 16.1 Å². The van der Waals surface area contributed by atoms with Gasteiger partial charge in [0, 0.05) is 33.1 Å². The van der Waals surface area contributed by atoms with Gasteiger partial charge in [0.05, 0.1) is 0 Å². The minimum Gasteiger partial charge on any atom is -0.261 e. The van der Waals surface area contributed by atoms with Crippen LogP contribution in [0.5, 0.6) is 0 Å². The predicted molar refractivity (Wildman–Crippen MR) is 66.6 cm³/mol. The van der Waals surface area contributed by atoms with E-state index >= 15 is 0 Å². The van der Waals surface area contributed by atoms with Crippen LogP contribution in [0.3, 0.4) is 0 Å². The minimum absolute atomic E-state index is 0.525. The van der Waals surface area contributed by atoms with Gasteiger partial charge >= 0.3 is 0 Å². The number of pyridine rings is 1.